The number of halogens is 8. The third kappa shape index (κ3) is 7.29. The molecule has 44 heavy (non-hydrogen) atoms. The van der Waals surface area contributed by atoms with E-state index in [1.807, 2.05) is 0 Å². The Hall–Kier alpha value is -3.79. The van der Waals surface area contributed by atoms with Crippen molar-refractivity contribution in [3.8, 4) is 0 Å². The summed E-state index contributed by atoms with van der Waals surface area (Å²) in [4.78, 5) is 32.8. The minimum absolute atomic E-state index is 0.0158. The topological polar surface area (TPSA) is 126 Å². The van der Waals surface area contributed by atoms with E-state index >= 15 is 4.39 Å². The normalized spacial score (nSPS) is 19.1. The highest BCUT2D eigenvalue weighted by Gasteiger charge is 2.42. The van der Waals surface area contributed by atoms with E-state index in [1.165, 1.54) is 0 Å². The van der Waals surface area contributed by atoms with Crippen LogP contribution in [0.3, 0.4) is 0 Å². The summed E-state index contributed by atoms with van der Waals surface area (Å²) in [5, 5.41) is 11.9. The number of carbonyl (C=O) groups is 2. The van der Waals surface area contributed by atoms with Crippen LogP contribution in [0.5, 0.6) is 0 Å². The van der Waals surface area contributed by atoms with Crippen LogP contribution >= 0.6 is 0 Å². The van der Waals surface area contributed by atoms with Crippen molar-refractivity contribution in [1.29, 1.82) is 0 Å². The molecule has 0 aliphatic heterocycles. The first-order valence-corrected chi connectivity index (χ1v) is 13.9. The van der Waals surface area contributed by atoms with E-state index in [4.69, 9.17) is 4.63 Å². The molecule has 2 amide bonds. The van der Waals surface area contributed by atoms with E-state index < -0.39 is 90.4 Å². The number of rotatable bonds is 10. The molecule has 2 aliphatic carbocycles. The van der Waals surface area contributed by atoms with Gasteiger partial charge in [0, 0.05) is 31.2 Å². The summed E-state index contributed by atoms with van der Waals surface area (Å²) < 4.78 is 115. The SMILES string of the molecule is CC(F)(F)CNC(=O)[C@@H](CC(F)(F)F)c1ccc2[nH]c([C@@H](NC(=O)c3nonc3C3CC3)C3CCC(F)(F)CC3)nc2c1F. The highest BCUT2D eigenvalue weighted by Crippen LogP contribution is 2.43. The Balaban J connectivity index is 1.49. The smallest absolute Gasteiger partial charge is 0.350 e. The van der Waals surface area contributed by atoms with Gasteiger partial charge in [-0.05, 0) is 42.8 Å². The first kappa shape index (κ1) is 31.6. The number of aromatic amines is 1. The maximum atomic E-state index is 15.8. The fourth-order valence-electron chi connectivity index (χ4n) is 5.43. The highest BCUT2D eigenvalue weighted by molar-refractivity contribution is 5.93. The first-order valence-electron chi connectivity index (χ1n) is 13.9. The first-order chi connectivity index (χ1) is 20.5. The molecule has 0 unspecified atom stereocenters. The molecule has 9 nitrogen and oxygen atoms in total. The molecule has 2 saturated carbocycles. The molecule has 0 saturated heterocycles. The second kappa shape index (κ2) is 11.6. The van der Waals surface area contributed by atoms with Crippen molar-refractivity contribution in [1.82, 2.24) is 30.9 Å². The predicted octanol–water partition coefficient (Wildman–Crippen LogP) is 6.07. The largest absolute Gasteiger partial charge is 0.390 e. The average molecular weight is 637 g/mol. The van der Waals surface area contributed by atoms with E-state index in [0.717, 1.165) is 25.0 Å². The van der Waals surface area contributed by atoms with Crippen LogP contribution in [-0.4, -0.2) is 56.7 Å². The van der Waals surface area contributed by atoms with Crippen LogP contribution in [0.25, 0.3) is 11.0 Å². The number of imidazole rings is 1. The minimum atomic E-state index is -4.96. The number of amides is 2. The number of alkyl halides is 7. The predicted molar refractivity (Wildman–Crippen MR) is 136 cm³/mol. The average Bonchev–Trinajstić information content (AvgIpc) is 3.47. The standard InChI is InChI=1S/C27H28F8N6O3/c1-25(29,30)11-36-23(42)15(10-27(33,34)35)14-4-5-16-20(17(14)28)38-22(37-16)19(13-6-8-26(31,32)9-7-13)39-24(43)21-18(12-2-3-12)40-44-41-21/h4-5,12-13,15,19H,2-3,6-11H2,1H3,(H,36,42)(H,37,38)(H,39,43)/t15-,19-/m0/s1. The van der Waals surface area contributed by atoms with E-state index in [-0.39, 0.29) is 35.8 Å². The second-order valence-electron chi connectivity index (χ2n) is 11.6. The van der Waals surface area contributed by atoms with Gasteiger partial charge in [0.15, 0.2) is 11.5 Å². The third-order valence-corrected chi connectivity index (χ3v) is 7.85. The summed E-state index contributed by atoms with van der Waals surface area (Å²) in [6, 6.07) is 1.01. The van der Waals surface area contributed by atoms with Crippen LogP contribution < -0.4 is 10.6 Å². The maximum Gasteiger partial charge on any atom is 0.390 e. The number of carbonyl (C=O) groups excluding carboxylic acids is 2. The monoisotopic (exact) mass is 636 g/mol. The van der Waals surface area contributed by atoms with Crippen molar-refractivity contribution in [2.45, 2.75) is 87.8 Å². The molecule has 3 N–H and O–H groups in total. The molecule has 2 atom stereocenters. The van der Waals surface area contributed by atoms with Gasteiger partial charge in [-0.1, -0.05) is 11.2 Å². The molecule has 17 heteroatoms. The van der Waals surface area contributed by atoms with Crippen molar-refractivity contribution in [3.05, 3.63) is 40.7 Å². The number of benzene rings is 1. The Morgan fingerprint density at radius 2 is 1.77 bits per heavy atom. The summed E-state index contributed by atoms with van der Waals surface area (Å²) in [5.74, 6) is -12.7. The maximum absolute atomic E-state index is 15.8. The Bertz CT molecular complexity index is 1520. The second-order valence-corrected chi connectivity index (χ2v) is 11.6. The fourth-order valence-corrected chi connectivity index (χ4v) is 5.43. The molecule has 2 fully saturated rings. The Kier molecular flexibility index (Phi) is 8.35. The van der Waals surface area contributed by atoms with Crippen LogP contribution in [0.1, 0.15) is 97.3 Å². The summed E-state index contributed by atoms with van der Waals surface area (Å²) in [7, 11) is 0. The van der Waals surface area contributed by atoms with Gasteiger partial charge in [0.05, 0.1) is 30.4 Å². The lowest BCUT2D eigenvalue weighted by Crippen LogP contribution is -2.39. The molecule has 1 aromatic carbocycles. The molecular weight excluding hydrogens is 608 g/mol. The lowest BCUT2D eigenvalue weighted by Gasteiger charge is -2.33. The van der Waals surface area contributed by atoms with Crippen LogP contribution in [0.15, 0.2) is 16.8 Å². The van der Waals surface area contributed by atoms with Crippen molar-refractivity contribution in [3.63, 3.8) is 0 Å². The van der Waals surface area contributed by atoms with Gasteiger partial charge in [-0.25, -0.2) is 31.6 Å². The number of aromatic nitrogens is 4. The van der Waals surface area contributed by atoms with E-state index in [0.29, 0.717) is 12.6 Å². The molecule has 2 aliphatic rings. The zero-order valence-electron chi connectivity index (χ0n) is 23.2. The number of nitrogens with zero attached hydrogens (tertiary/aromatic N) is 3. The summed E-state index contributed by atoms with van der Waals surface area (Å²) in [6.07, 6.45) is -6.28. The molecule has 0 spiro atoms. The van der Waals surface area contributed by atoms with Gasteiger partial charge in [-0.3, -0.25) is 9.59 Å². The molecular formula is C27H28F8N6O3. The lowest BCUT2D eigenvalue weighted by atomic mass is 9.81. The molecule has 2 aromatic heterocycles. The van der Waals surface area contributed by atoms with Gasteiger partial charge in [0.2, 0.25) is 11.8 Å². The van der Waals surface area contributed by atoms with Gasteiger partial charge in [-0.2, -0.15) is 13.2 Å². The fraction of sp³-hybridized carbons (Fsp3) is 0.593. The highest BCUT2D eigenvalue weighted by atomic mass is 19.4. The quantitative estimate of drug-likeness (QED) is 0.232. The number of hydrogen-bond donors (Lipinski definition) is 3. The molecule has 240 valence electrons. The van der Waals surface area contributed by atoms with Gasteiger partial charge in [-0.15, -0.1) is 0 Å². The van der Waals surface area contributed by atoms with Gasteiger partial charge < -0.3 is 15.6 Å². The lowest BCUT2D eigenvalue weighted by molar-refractivity contribution is -0.148. The molecule has 0 bridgehead atoms. The summed E-state index contributed by atoms with van der Waals surface area (Å²) >= 11 is 0. The third-order valence-electron chi connectivity index (χ3n) is 7.85. The summed E-state index contributed by atoms with van der Waals surface area (Å²) in [6.45, 7) is -0.805. The summed E-state index contributed by atoms with van der Waals surface area (Å²) in [5.41, 5.74) is -0.992. The van der Waals surface area contributed by atoms with Crippen molar-refractivity contribution in [2.75, 3.05) is 6.54 Å². The van der Waals surface area contributed by atoms with E-state index in [9.17, 15) is 40.3 Å². The minimum Gasteiger partial charge on any atom is -0.350 e. The number of H-pyrrole nitrogens is 1. The Labute approximate surface area is 244 Å². The molecule has 2 heterocycles. The zero-order valence-corrected chi connectivity index (χ0v) is 23.2. The Morgan fingerprint density at radius 3 is 2.39 bits per heavy atom. The van der Waals surface area contributed by atoms with Crippen LogP contribution in [0, 0.1) is 11.7 Å². The number of nitrogens with one attached hydrogen (secondary N) is 3. The number of fused-ring (bicyclic) bond motifs is 1. The van der Waals surface area contributed by atoms with Crippen LogP contribution in [0.4, 0.5) is 35.1 Å². The van der Waals surface area contributed by atoms with Gasteiger partial charge >= 0.3 is 6.18 Å². The molecule has 3 aromatic rings. The van der Waals surface area contributed by atoms with Crippen LogP contribution in [-0.2, 0) is 4.79 Å². The zero-order chi connectivity index (χ0) is 32.0. The van der Waals surface area contributed by atoms with Gasteiger partial charge in [0.1, 0.15) is 17.0 Å². The van der Waals surface area contributed by atoms with E-state index in [1.54, 1.807) is 5.32 Å². The molecule has 5 rings (SSSR count). The number of hydrogen-bond acceptors (Lipinski definition) is 6. The van der Waals surface area contributed by atoms with Crippen molar-refractivity contribution in [2.24, 2.45) is 5.92 Å². The molecule has 0 radical (unpaired) electrons. The van der Waals surface area contributed by atoms with E-state index in [2.05, 4.69) is 25.6 Å². The van der Waals surface area contributed by atoms with Crippen molar-refractivity contribution >= 4 is 22.8 Å². The Morgan fingerprint density at radius 1 is 1.09 bits per heavy atom. The van der Waals surface area contributed by atoms with Crippen LogP contribution in [0.2, 0.25) is 0 Å². The van der Waals surface area contributed by atoms with Gasteiger partial charge in [0.25, 0.3) is 11.8 Å². The van der Waals surface area contributed by atoms with Crippen molar-refractivity contribution < 1.29 is 49.3 Å².